The van der Waals surface area contributed by atoms with Crippen LogP contribution in [0.15, 0.2) is 22.7 Å². The molecule has 0 aliphatic carbocycles. The summed E-state index contributed by atoms with van der Waals surface area (Å²) in [5, 5.41) is 0.442. The zero-order valence-electron chi connectivity index (χ0n) is 9.97. The highest BCUT2D eigenvalue weighted by atomic mass is 79.9. The lowest BCUT2D eigenvalue weighted by Gasteiger charge is -2.08. The maximum absolute atomic E-state index is 13.2. The van der Waals surface area contributed by atoms with Crippen LogP contribution in [0.3, 0.4) is 0 Å². The Kier molecular flexibility index (Phi) is 3.97. The number of halogens is 3. The van der Waals surface area contributed by atoms with E-state index in [2.05, 4.69) is 25.9 Å². The Bertz CT molecular complexity index is 602. The van der Waals surface area contributed by atoms with Gasteiger partial charge in [0.15, 0.2) is 5.82 Å². The van der Waals surface area contributed by atoms with E-state index >= 15 is 0 Å². The smallest absolute Gasteiger partial charge is 0.161 e. The second-order valence-electron chi connectivity index (χ2n) is 3.89. The van der Waals surface area contributed by atoms with Crippen LogP contribution in [0.2, 0.25) is 5.15 Å². The van der Waals surface area contributed by atoms with Gasteiger partial charge in [0.25, 0.3) is 0 Å². The molecule has 0 bridgehead atoms. The van der Waals surface area contributed by atoms with Gasteiger partial charge in [0.05, 0.1) is 4.47 Å². The van der Waals surface area contributed by atoms with Gasteiger partial charge in [-0.15, -0.1) is 0 Å². The van der Waals surface area contributed by atoms with Crippen molar-refractivity contribution < 1.29 is 4.39 Å². The number of hydrogen-bond acceptors (Lipinski definition) is 2. The van der Waals surface area contributed by atoms with E-state index in [9.17, 15) is 4.39 Å². The molecule has 2 aromatic rings. The average molecular weight is 330 g/mol. The van der Waals surface area contributed by atoms with Crippen LogP contribution >= 0.6 is 27.5 Å². The maximum Gasteiger partial charge on any atom is 0.161 e. The Morgan fingerprint density at radius 3 is 2.67 bits per heavy atom. The van der Waals surface area contributed by atoms with Crippen LogP contribution in [0.25, 0.3) is 11.4 Å². The first-order valence-electron chi connectivity index (χ1n) is 5.51. The number of nitrogens with zero attached hydrogens (tertiary/aromatic N) is 2. The van der Waals surface area contributed by atoms with Crippen LogP contribution in [-0.4, -0.2) is 9.97 Å². The summed E-state index contributed by atoms with van der Waals surface area (Å²) in [4.78, 5) is 8.69. The molecule has 0 amide bonds. The molecule has 1 aromatic heterocycles. The quantitative estimate of drug-likeness (QED) is 0.754. The van der Waals surface area contributed by atoms with Crippen LogP contribution in [-0.2, 0) is 6.42 Å². The van der Waals surface area contributed by atoms with Crippen molar-refractivity contribution in [2.24, 2.45) is 0 Å². The summed E-state index contributed by atoms with van der Waals surface area (Å²) in [6.07, 6.45) is 0.781. The third-order valence-corrected chi connectivity index (χ3v) is 3.68. The SMILES string of the molecule is CCc1nc(-c2ccc(F)c(Br)c2)nc(Cl)c1C. The first kappa shape index (κ1) is 13.4. The Morgan fingerprint density at radius 1 is 1.33 bits per heavy atom. The van der Waals surface area contributed by atoms with Gasteiger partial charge in [-0.25, -0.2) is 14.4 Å². The van der Waals surface area contributed by atoms with E-state index in [1.807, 2.05) is 13.8 Å². The van der Waals surface area contributed by atoms with Crippen molar-refractivity contribution in [3.05, 3.63) is 44.9 Å². The predicted molar refractivity (Wildman–Crippen MR) is 74.3 cm³/mol. The van der Waals surface area contributed by atoms with Gasteiger partial charge < -0.3 is 0 Å². The van der Waals surface area contributed by atoms with Gasteiger partial charge >= 0.3 is 0 Å². The Balaban J connectivity index is 2.57. The molecule has 0 atom stereocenters. The number of rotatable bonds is 2. The van der Waals surface area contributed by atoms with Crippen LogP contribution in [0.1, 0.15) is 18.2 Å². The lowest BCUT2D eigenvalue weighted by atomic mass is 10.1. The molecule has 94 valence electrons. The van der Waals surface area contributed by atoms with Crippen LogP contribution in [0.4, 0.5) is 4.39 Å². The average Bonchev–Trinajstić information content (AvgIpc) is 2.36. The van der Waals surface area contributed by atoms with E-state index < -0.39 is 0 Å². The molecule has 1 aromatic carbocycles. The van der Waals surface area contributed by atoms with E-state index in [4.69, 9.17) is 11.6 Å². The van der Waals surface area contributed by atoms with Gasteiger partial charge in [0.1, 0.15) is 11.0 Å². The summed E-state index contributed by atoms with van der Waals surface area (Å²) >= 11 is 9.23. The summed E-state index contributed by atoms with van der Waals surface area (Å²) in [5.41, 5.74) is 2.54. The van der Waals surface area contributed by atoms with Crippen molar-refractivity contribution in [2.45, 2.75) is 20.3 Å². The highest BCUT2D eigenvalue weighted by Gasteiger charge is 2.11. The maximum atomic E-state index is 13.2. The van der Waals surface area contributed by atoms with Gasteiger partial charge in [-0.2, -0.15) is 0 Å². The minimum Gasteiger partial charge on any atom is -0.233 e. The molecule has 0 aliphatic rings. The molecule has 0 unspecified atom stereocenters. The van der Waals surface area contributed by atoms with Crippen molar-refractivity contribution in [3.8, 4) is 11.4 Å². The Morgan fingerprint density at radius 2 is 2.06 bits per heavy atom. The summed E-state index contributed by atoms with van der Waals surface area (Å²) in [6, 6.07) is 4.67. The predicted octanol–water partition coefficient (Wildman–Crippen LogP) is 4.57. The second-order valence-corrected chi connectivity index (χ2v) is 5.10. The van der Waals surface area contributed by atoms with E-state index in [1.54, 1.807) is 12.1 Å². The van der Waals surface area contributed by atoms with Gasteiger partial charge in [0.2, 0.25) is 0 Å². The fraction of sp³-hybridized carbons (Fsp3) is 0.231. The monoisotopic (exact) mass is 328 g/mol. The molecular formula is C13H11BrClFN2. The molecule has 18 heavy (non-hydrogen) atoms. The van der Waals surface area contributed by atoms with Crippen molar-refractivity contribution in [3.63, 3.8) is 0 Å². The van der Waals surface area contributed by atoms with Gasteiger partial charge in [-0.1, -0.05) is 18.5 Å². The van der Waals surface area contributed by atoms with E-state index in [1.165, 1.54) is 6.07 Å². The topological polar surface area (TPSA) is 25.8 Å². The summed E-state index contributed by atoms with van der Waals surface area (Å²) in [7, 11) is 0. The number of benzene rings is 1. The highest BCUT2D eigenvalue weighted by Crippen LogP contribution is 2.25. The fourth-order valence-corrected chi connectivity index (χ4v) is 2.21. The van der Waals surface area contributed by atoms with E-state index in [-0.39, 0.29) is 5.82 Å². The molecule has 2 rings (SSSR count). The third-order valence-electron chi connectivity index (χ3n) is 2.70. The van der Waals surface area contributed by atoms with Gasteiger partial charge in [-0.05, 0) is 47.5 Å². The molecule has 0 N–H and O–H groups in total. The van der Waals surface area contributed by atoms with Crippen molar-refractivity contribution in [2.75, 3.05) is 0 Å². The largest absolute Gasteiger partial charge is 0.233 e. The van der Waals surface area contributed by atoms with Crippen molar-refractivity contribution in [1.82, 2.24) is 9.97 Å². The molecule has 0 saturated heterocycles. The zero-order chi connectivity index (χ0) is 13.3. The minimum atomic E-state index is -0.312. The molecule has 0 radical (unpaired) electrons. The van der Waals surface area contributed by atoms with Crippen LogP contribution < -0.4 is 0 Å². The standard InChI is InChI=1S/C13H11BrClFN2/c1-3-11-7(2)12(15)18-13(17-11)8-4-5-10(16)9(14)6-8/h4-6H,3H2,1-2H3. The summed E-state index contributed by atoms with van der Waals surface area (Å²) < 4.78 is 13.6. The zero-order valence-corrected chi connectivity index (χ0v) is 12.3. The fourth-order valence-electron chi connectivity index (χ4n) is 1.64. The normalized spacial score (nSPS) is 10.7. The summed E-state index contributed by atoms with van der Waals surface area (Å²) in [6.45, 7) is 3.90. The number of aryl methyl sites for hydroxylation is 1. The number of hydrogen-bond donors (Lipinski definition) is 0. The highest BCUT2D eigenvalue weighted by molar-refractivity contribution is 9.10. The molecule has 2 nitrogen and oxygen atoms in total. The molecule has 0 fully saturated rings. The second kappa shape index (κ2) is 5.33. The van der Waals surface area contributed by atoms with E-state index in [0.717, 1.165) is 23.2 Å². The Labute approximate surface area is 118 Å². The lowest BCUT2D eigenvalue weighted by molar-refractivity contribution is 0.621. The lowest BCUT2D eigenvalue weighted by Crippen LogP contribution is -1.99. The van der Waals surface area contributed by atoms with Gasteiger partial charge in [-0.3, -0.25) is 0 Å². The minimum absolute atomic E-state index is 0.312. The third kappa shape index (κ3) is 2.54. The van der Waals surface area contributed by atoms with Gasteiger partial charge in [0, 0.05) is 16.8 Å². The molecular weight excluding hydrogens is 319 g/mol. The van der Waals surface area contributed by atoms with E-state index in [0.29, 0.717) is 15.5 Å². The summed E-state index contributed by atoms with van der Waals surface area (Å²) in [5.74, 6) is 0.204. The van der Waals surface area contributed by atoms with Crippen LogP contribution in [0.5, 0.6) is 0 Å². The molecule has 1 heterocycles. The Hall–Kier alpha value is -1.00. The molecule has 0 aliphatic heterocycles. The first-order valence-corrected chi connectivity index (χ1v) is 6.68. The van der Waals surface area contributed by atoms with Crippen molar-refractivity contribution in [1.29, 1.82) is 0 Å². The molecule has 5 heteroatoms. The molecule has 0 spiro atoms. The van der Waals surface area contributed by atoms with Crippen LogP contribution in [0, 0.1) is 12.7 Å². The number of aromatic nitrogens is 2. The first-order chi connectivity index (χ1) is 8.52. The molecule has 0 saturated carbocycles. The van der Waals surface area contributed by atoms with Crippen molar-refractivity contribution >= 4 is 27.5 Å².